The normalized spacial score (nSPS) is 38.9. The Hall–Kier alpha value is -1.35. The summed E-state index contributed by atoms with van der Waals surface area (Å²) in [6, 6.07) is 8.71. The largest absolute Gasteiger partial charge is 0.366 e. The quantitative estimate of drug-likeness (QED) is 0.551. The molecule has 3 unspecified atom stereocenters. The molecular formula is C29H45NO2. The summed E-state index contributed by atoms with van der Waals surface area (Å²) < 4.78 is 6.34. The SMILES string of the molecule is CC.CC1CC2CC(C)CC(NC(=O)C(C)C3CCC4(CC3)OCc3ccccc34)(C1)C2. The van der Waals surface area contributed by atoms with Gasteiger partial charge in [0, 0.05) is 11.5 Å². The van der Waals surface area contributed by atoms with E-state index in [0.29, 0.717) is 11.8 Å². The van der Waals surface area contributed by atoms with E-state index in [9.17, 15) is 4.79 Å². The standard InChI is InChI=1S/C27H39NO2.C2H6/c1-18-12-21-13-19(2)15-26(14-18,16-21)28-25(29)20(3)22-8-10-27(11-9-22)24-7-5-4-6-23(24)17-30-27;1-2/h4-7,18-22H,8-17H2,1-3H3,(H,28,29);1-2H3. The zero-order valence-corrected chi connectivity index (χ0v) is 21.1. The highest BCUT2D eigenvalue weighted by molar-refractivity contribution is 5.79. The highest BCUT2D eigenvalue weighted by atomic mass is 16.5. The number of hydrogen-bond donors (Lipinski definition) is 1. The Labute approximate surface area is 196 Å². The van der Waals surface area contributed by atoms with Crippen LogP contribution < -0.4 is 5.32 Å². The third kappa shape index (κ3) is 4.52. The van der Waals surface area contributed by atoms with Gasteiger partial charge in [-0.1, -0.05) is 58.9 Å². The Bertz CT molecular complexity index is 775. The molecule has 1 N–H and O–H groups in total. The van der Waals surface area contributed by atoms with Gasteiger partial charge in [0.25, 0.3) is 0 Å². The number of benzene rings is 1. The van der Waals surface area contributed by atoms with E-state index in [2.05, 4.69) is 50.4 Å². The van der Waals surface area contributed by atoms with E-state index in [1.165, 1.54) is 43.2 Å². The molecule has 32 heavy (non-hydrogen) atoms. The molecule has 4 aliphatic rings. The van der Waals surface area contributed by atoms with Crippen molar-refractivity contribution in [1.82, 2.24) is 5.32 Å². The number of rotatable bonds is 3. The van der Waals surface area contributed by atoms with Crippen LogP contribution in [0, 0.1) is 29.6 Å². The summed E-state index contributed by atoms with van der Waals surface area (Å²) in [5, 5.41) is 3.63. The molecule has 1 aromatic carbocycles. The summed E-state index contributed by atoms with van der Waals surface area (Å²) >= 11 is 0. The Morgan fingerprint density at radius 1 is 1.03 bits per heavy atom. The van der Waals surface area contributed by atoms with Crippen LogP contribution in [0.25, 0.3) is 0 Å². The predicted octanol–water partition coefficient (Wildman–Crippen LogP) is 6.99. The van der Waals surface area contributed by atoms with Crippen molar-refractivity contribution in [2.24, 2.45) is 29.6 Å². The summed E-state index contributed by atoms with van der Waals surface area (Å²) in [4.78, 5) is 13.4. The topological polar surface area (TPSA) is 38.3 Å². The van der Waals surface area contributed by atoms with Gasteiger partial charge in [-0.25, -0.2) is 0 Å². The minimum Gasteiger partial charge on any atom is -0.366 e. The summed E-state index contributed by atoms with van der Waals surface area (Å²) in [6.07, 6.45) is 10.5. The molecule has 1 heterocycles. The first-order valence-corrected chi connectivity index (χ1v) is 13.4. The molecule has 0 aromatic heterocycles. The lowest BCUT2D eigenvalue weighted by Crippen LogP contribution is -2.57. The van der Waals surface area contributed by atoms with Crippen LogP contribution in [0.5, 0.6) is 0 Å². The molecule has 0 radical (unpaired) electrons. The van der Waals surface area contributed by atoms with Crippen molar-refractivity contribution in [2.45, 2.75) is 110 Å². The molecule has 3 aliphatic carbocycles. The summed E-state index contributed by atoms with van der Waals surface area (Å²) in [5.74, 6) is 3.16. The van der Waals surface area contributed by atoms with Crippen molar-refractivity contribution in [1.29, 1.82) is 0 Å². The highest BCUT2D eigenvalue weighted by Gasteiger charge is 2.47. The lowest BCUT2D eigenvalue weighted by atomic mass is 9.61. The smallest absolute Gasteiger partial charge is 0.223 e. The average Bonchev–Trinajstić information content (AvgIpc) is 3.12. The molecule has 3 fully saturated rings. The maximum atomic E-state index is 13.4. The van der Waals surface area contributed by atoms with E-state index in [1.807, 2.05) is 13.8 Å². The highest BCUT2D eigenvalue weighted by Crippen LogP contribution is 2.50. The molecule has 3 saturated carbocycles. The molecule has 3 heteroatoms. The molecule has 3 nitrogen and oxygen atoms in total. The fraction of sp³-hybridized carbons (Fsp3) is 0.759. The summed E-state index contributed by atoms with van der Waals surface area (Å²) in [6.45, 7) is 11.7. The second-order valence-electron chi connectivity index (χ2n) is 11.5. The van der Waals surface area contributed by atoms with Crippen molar-refractivity contribution in [2.75, 3.05) is 0 Å². The van der Waals surface area contributed by atoms with Crippen LogP contribution >= 0.6 is 0 Å². The fourth-order valence-electron chi connectivity index (χ4n) is 7.85. The fourth-order valence-corrected chi connectivity index (χ4v) is 7.85. The number of hydrogen-bond acceptors (Lipinski definition) is 2. The van der Waals surface area contributed by atoms with Crippen LogP contribution in [0.15, 0.2) is 24.3 Å². The van der Waals surface area contributed by atoms with Gasteiger partial charge in [-0.2, -0.15) is 0 Å². The zero-order valence-electron chi connectivity index (χ0n) is 21.1. The number of carbonyl (C=O) groups excluding carboxylic acids is 1. The van der Waals surface area contributed by atoms with Crippen molar-refractivity contribution in [3.63, 3.8) is 0 Å². The van der Waals surface area contributed by atoms with Crippen LogP contribution in [0.3, 0.4) is 0 Å². The number of ether oxygens (including phenoxy) is 1. The average molecular weight is 440 g/mol. The van der Waals surface area contributed by atoms with Crippen molar-refractivity contribution in [3.05, 3.63) is 35.4 Å². The van der Waals surface area contributed by atoms with Crippen molar-refractivity contribution >= 4 is 5.91 Å². The third-order valence-corrected chi connectivity index (χ3v) is 8.99. The molecule has 2 bridgehead atoms. The zero-order chi connectivity index (χ0) is 22.9. The van der Waals surface area contributed by atoms with Gasteiger partial charge in [-0.15, -0.1) is 0 Å². The minimum atomic E-state index is -0.0905. The molecule has 1 aliphatic heterocycles. The van der Waals surface area contributed by atoms with Gasteiger partial charge in [0.05, 0.1) is 12.2 Å². The van der Waals surface area contributed by atoms with E-state index in [-0.39, 0.29) is 17.1 Å². The van der Waals surface area contributed by atoms with Gasteiger partial charge in [0.2, 0.25) is 5.91 Å². The monoisotopic (exact) mass is 439 g/mol. The van der Waals surface area contributed by atoms with E-state index < -0.39 is 0 Å². The summed E-state index contributed by atoms with van der Waals surface area (Å²) in [5.41, 5.74) is 2.73. The Morgan fingerprint density at radius 3 is 2.31 bits per heavy atom. The molecule has 1 amide bonds. The van der Waals surface area contributed by atoms with Gasteiger partial charge < -0.3 is 10.1 Å². The Balaban J connectivity index is 0.00000119. The maximum absolute atomic E-state index is 13.4. The first kappa shape index (κ1) is 23.8. The van der Waals surface area contributed by atoms with Crippen LogP contribution in [0.4, 0.5) is 0 Å². The number of fused-ring (bicyclic) bond motifs is 4. The lowest BCUT2D eigenvalue weighted by Gasteiger charge is -2.51. The minimum absolute atomic E-state index is 0.0642. The molecule has 3 atom stereocenters. The van der Waals surface area contributed by atoms with Crippen LogP contribution in [0.2, 0.25) is 0 Å². The Kier molecular flexibility index (Phi) is 7.05. The molecular weight excluding hydrogens is 394 g/mol. The molecule has 178 valence electrons. The second-order valence-corrected chi connectivity index (χ2v) is 11.5. The Morgan fingerprint density at radius 2 is 1.66 bits per heavy atom. The molecule has 5 rings (SSSR count). The lowest BCUT2D eigenvalue weighted by molar-refractivity contribution is -0.132. The number of amides is 1. The van der Waals surface area contributed by atoms with E-state index in [0.717, 1.165) is 50.0 Å². The van der Waals surface area contributed by atoms with Gasteiger partial charge in [-0.3, -0.25) is 4.79 Å². The second kappa shape index (κ2) is 9.49. The molecule has 1 spiro atoms. The van der Waals surface area contributed by atoms with Gasteiger partial charge in [0.1, 0.15) is 0 Å². The van der Waals surface area contributed by atoms with Gasteiger partial charge in [0.15, 0.2) is 0 Å². The van der Waals surface area contributed by atoms with E-state index in [1.54, 1.807) is 0 Å². The third-order valence-electron chi connectivity index (χ3n) is 8.99. The predicted molar refractivity (Wildman–Crippen MR) is 131 cm³/mol. The van der Waals surface area contributed by atoms with Gasteiger partial charge in [-0.05, 0) is 92.6 Å². The summed E-state index contributed by atoms with van der Waals surface area (Å²) in [7, 11) is 0. The van der Waals surface area contributed by atoms with Gasteiger partial charge >= 0.3 is 0 Å². The number of nitrogens with one attached hydrogen (secondary N) is 1. The van der Waals surface area contributed by atoms with E-state index in [4.69, 9.17) is 4.74 Å². The first-order chi connectivity index (χ1) is 15.4. The van der Waals surface area contributed by atoms with Crippen LogP contribution in [-0.2, 0) is 21.7 Å². The van der Waals surface area contributed by atoms with Crippen LogP contribution in [0.1, 0.15) is 104 Å². The maximum Gasteiger partial charge on any atom is 0.223 e. The number of carbonyl (C=O) groups is 1. The first-order valence-electron chi connectivity index (χ1n) is 13.4. The van der Waals surface area contributed by atoms with E-state index >= 15 is 0 Å². The molecule has 0 saturated heterocycles. The van der Waals surface area contributed by atoms with Crippen molar-refractivity contribution in [3.8, 4) is 0 Å². The molecule has 1 aromatic rings. The van der Waals surface area contributed by atoms with Crippen LogP contribution in [-0.4, -0.2) is 11.4 Å². The van der Waals surface area contributed by atoms with Crippen molar-refractivity contribution < 1.29 is 9.53 Å².